The maximum atomic E-state index is 11.5. The first-order valence-electron chi connectivity index (χ1n) is 11.7. The lowest BCUT2D eigenvalue weighted by Crippen LogP contribution is -2.30. The van der Waals surface area contributed by atoms with Gasteiger partial charge in [-0.15, -0.1) is 0 Å². The maximum absolute atomic E-state index is 11.5. The highest BCUT2D eigenvalue weighted by Crippen LogP contribution is 2.43. The second-order valence-electron chi connectivity index (χ2n) is 8.66. The molecule has 1 aliphatic rings. The SMILES string of the molecule is COc1ccc(-n2c(C)ccc2[C@H]2[C@H](c3ccccn3)NC(=S)N2c2ccc(NC(C)=O)cc2)cc1. The molecule has 36 heavy (non-hydrogen) atoms. The number of carbonyl (C=O) groups excluding carboxylic acids is 1. The molecule has 4 aromatic rings. The molecule has 2 aromatic carbocycles. The molecule has 7 nitrogen and oxygen atoms in total. The Morgan fingerprint density at radius 3 is 2.36 bits per heavy atom. The number of thiocarbonyl (C=S) groups is 1. The Balaban J connectivity index is 1.63. The minimum atomic E-state index is -0.171. The van der Waals surface area contributed by atoms with Gasteiger partial charge in [0.2, 0.25) is 5.91 Å². The van der Waals surface area contributed by atoms with Crippen LogP contribution in [0, 0.1) is 6.92 Å². The predicted molar refractivity (Wildman–Crippen MR) is 146 cm³/mol. The van der Waals surface area contributed by atoms with Crippen LogP contribution in [0.1, 0.15) is 36.1 Å². The molecule has 1 fully saturated rings. The monoisotopic (exact) mass is 497 g/mol. The number of nitrogens with one attached hydrogen (secondary N) is 2. The zero-order chi connectivity index (χ0) is 25.2. The van der Waals surface area contributed by atoms with E-state index in [-0.39, 0.29) is 18.0 Å². The molecule has 1 amide bonds. The number of hydrogen-bond acceptors (Lipinski definition) is 4. The molecule has 3 heterocycles. The first kappa shape index (κ1) is 23.6. The van der Waals surface area contributed by atoms with Crippen LogP contribution in [0.4, 0.5) is 11.4 Å². The molecule has 5 rings (SSSR count). The number of anilines is 2. The lowest BCUT2D eigenvalue weighted by molar-refractivity contribution is -0.114. The number of hydrogen-bond donors (Lipinski definition) is 2. The van der Waals surface area contributed by atoms with Crippen molar-refractivity contribution < 1.29 is 9.53 Å². The summed E-state index contributed by atoms with van der Waals surface area (Å²) in [5.74, 6) is 0.697. The lowest BCUT2D eigenvalue weighted by atomic mass is 10.0. The van der Waals surface area contributed by atoms with Gasteiger partial charge < -0.3 is 24.8 Å². The Labute approximate surface area is 215 Å². The number of nitrogens with zero attached hydrogens (tertiary/aromatic N) is 3. The average molecular weight is 498 g/mol. The summed E-state index contributed by atoms with van der Waals surface area (Å²) in [6.07, 6.45) is 1.80. The third-order valence-corrected chi connectivity index (χ3v) is 6.62. The minimum Gasteiger partial charge on any atom is -0.497 e. The van der Waals surface area contributed by atoms with E-state index in [1.807, 2.05) is 54.6 Å². The summed E-state index contributed by atoms with van der Waals surface area (Å²) < 4.78 is 7.61. The van der Waals surface area contributed by atoms with Crippen LogP contribution in [0.2, 0.25) is 0 Å². The summed E-state index contributed by atoms with van der Waals surface area (Å²) in [4.78, 5) is 18.3. The van der Waals surface area contributed by atoms with E-state index in [4.69, 9.17) is 17.0 Å². The zero-order valence-electron chi connectivity index (χ0n) is 20.3. The molecule has 1 saturated heterocycles. The van der Waals surface area contributed by atoms with Crippen molar-refractivity contribution in [3.05, 3.63) is 102 Å². The molecular formula is C28H27N5O2S. The van der Waals surface area contributed by atoms with Crippen LogP contribution in [0.15, 0.2) is 85.1 Å². The van der Waals surface area contributed by atoms with Crippen LogP contribution in [0.5, 0.6) is 5.75 Å². The molecule has 2 N–H and O–H groups in total. The molecule has 0 unspecified atom stereocenters. The fourth-order valence-corrected chi connectivity index (χ4v) is 5.06. The van der Waals surface area contributed by atoms with Crippen molar-refractivity contribution in [2.24, 2.45) is 0 Å². The highest BCUT2D eigenvalue weighted by Gasteiger charge is 2.42. The van der Waals surface area contributed by atoms with Crippen molar-refractivity contribution in [1.29, 1.82) is 0 Å². The molecule has 0 aliphatic carbocycles. The fraction of sp³-hybridized carbons (Fsp3) is 0.179. The van der Waals surface area contributed by atoms with E-state index >= 15 is 0 Å². The largest absolute Gasteiger partial charge is 0.497 e. The molecule has 2 aromatic heterocycles. The van der Waals surface area contributed by atoms with Crippen molar-refractivity contribution in [2.75, 3.05) is 17.3 Å². The van der Waals surface area contributed by atoms with Gasteiger partial charge in [-0.2, -0.15) is 0 Å². The maximum Gasteiger partial charge on any atom is 0.221 e. The average Bonchev–Trinajstić information content (AvgIpc) is 3.44. The quantitative estimate of drug-likeness (QED) is 0.351. The first-order chi connectivity index (χ1) is 17.5. The normalized spacial score (nSPS) is 17.1. The van der Waals surface area contributed by atoms with E-state index in [2.05, 4.69) is 56.3 Å². The van der Waals surface area contributed by atoms with Crippen molar-refractivity contribution >= 4 is 34.6 Å². The van der Waals surface area contributed by atoms with Crippen LogP contribution < -0.4 is 20.3 Å². The van der Waals surface area contributed by atoms with Crippen LogP contribution in [0.3, 0.4) is 0 Å². The predicted octanol–water partition coefficient (Wildman–Crippen LogP) is 5.32. The van der Waals surface area contributed by atoms with Gasteiger partial charge in [0.15, 0.2) is 5.11 Å². The molecule has 0 saturated carbocycles. The molecule has 2 atom stereocenters. The van der Waals surface area contributed by atoms with Gasteiger partial charge in [0.25, 0.3) is 0 Å². The van der Waals surface area contributed by atoms with Crippen LogP contribution >= 0.6 is 12.2 Å². The number of pyridine rings is 1. The number of rotatable bonds is 6. The molecular weight excluding hydrogens is 470 g/mol. The Morgan fingerprint density at radius 1 is 1.00 bits per heavy atom. The van der Waals surface area contributed by atoms with Crippen molar-refractivity contribution in [3.8, 4) is 11.4 Å². The van der Waals surface area contributed by atoms with E-state index in [1.165, 1.54) is 6.92 Å². The topological polar surface area (TPSA) is 71.4 Å². The van der Waals surface area contributed by atoms with Crippen molar-refractivity contribution in [2.45, 2.75) is 25.9 Å². The van der Waals surface area contributed by atoms with Gasteiger partial charge in [0, 0.05) is 41.6 Å². The van der Waals surface area contributed by atoms with Gasteiger partial charge in [-0.05, 0) is 91.9 Å². The highest BCUT2D eigenvalue weighted by atomic mass is 32.1. The summed E-state index contributed by atoms with van der Waals surface area (Å²) in [5.41, 5.74) is 5.78. The van der Waals surface area contributed by atoms with Gasteiger partial charge >= 0.3 is 0 Å². The number of aryl methyl sites for hydroxylation is 1. The smallest absolute Gasteiger partial charge is 0.221 e. The van der Waals surface area contributed by atoms with E-state index < -0.39 is 0 Å². The molecule has 8 heteroatoms. The molecule has 1 aliphatic heterocycles. The first-order valence-corrected chi connectivity index (χ1v) is 12.1. The van der Waals surface area contributed by atoms with E-state index in [0.29, 0.717) is 5.11 Å². The van der Waals surface area contributed by atoms with Gasteiger partial charge in [-0.25, -0.2) is 0 Å². The molecule has 182 valence electrons. The second kappa shape index (κ2) is 9.83. The van der Waals surface area contributed by atoms with E-state index in [0.717, 1.165) is 39.9 Å². The fourth-order valence-electron chi connectivity index (χ4n) is 4.72. The Kier molecular flexibility index (Phi) is 6.43. The van der Waals surface area contributed by atoms with Crippen molar-refractivity contribution in [1.82, 2.24) is 14.9 Å². The number of methoxy groups -OCH3 is 1. The third-order valence-electron chi connectivity index (χ3n) is 6.30. The summed E-state index contributed by atoms with van der Waals surface area (Å²) in [6, 6.07) is 25.6. The summed E-state index contributed by atoms with van der Waals surface area (Å²) in [7, 11) is 1.67. The Hall–Kier alpha value is -4.17. The number of carbonyl (C=O) groups is 1. The molecule has 0 radical (unpaired) electrons. The summed E-state index contributed by atoms with van der Waals surface area (Å²) >= 11 is 5.87. The Bertz CT molecular complexity index is 1380. The van der Waals surface area contributed by atoms with Crippen LogP contribution in [-0.2, 0) is 4.79 Å². The van der Waals surface area contributed by atoms with Gasteiger partial charge in [-0.1, -0.05) is 6.07 Å². The number of aromatic nitrogens is 2. The highest BCUT2D eigenvalue weighted by molar-refractivity contribution is 7.80. The van der Waals surface area contributed by atoms with Gasteiger partial charge in [-0.3, -0.25) is 9.78 Å². The van der Waals surface area contributed by atoms with Gasteiger partial charge in [0.1, 0.15) is 11.8 Å². The van der Waals surface area contributed by atoms with Crippen LogP contribution in [0.25, 0.3) is 5.69 Å². The molecule has 0 bridgehead atoms. The molecule has 0 spiro atoms. The third kappa shape index (κ3) is 4.43. The van der Waals surface area contributed by atoms with Crippen molar-refractivity contribution in [3.63, 3.8) is 0 Å². The van der Waals surface area contributed by atoms with E-state index in [1.54, 1.807) is 13.3 Å². The minimum absolute atomic E-state index is 0.109. The van der Waals surface area contributed by atoms with Gasteiger partial charge in [0.05, 0.1) is 18.8 Å². The second-order valence-corrected chi connectivity index (χ2v) is 9.04. The van der Waals surface area contributed by atoms with Crippen LogP contribution in [-0.4, -0.2) is 27.7 Å². The number of ether oxygens (including phenoxy) is 1. The Morgan fingerprint density at radius 2 is 1.72 bits per heavy atom. The summed E-state index contributed by atoms with van der Waals surface area (Å²) in [6.45, 7) is 3.59. The van der Waals surface area contributed by atoms with E-state index in [9.17, 15) is 4.79 Å². The summed E-state index contributed by atoms with van der Waals surface area (Å²) in [5, 5.41) is 6.95. The zero-order valence-corrected chi connectivity index (χ0v) is 21.1. The number of amides is 1. The number of benzene rings is 2. The lowest BCUT2D eigenvalue weighted by Gasteiger charge is -2.29. The standard InChI is InChI=1S/C28H27N5O2S/c1-18-7-16-25(32(18)21-12-14-23(35-3)15-13-21)27-26(24-6-4-5-17-29-24)31-28(36)33(27)22-10-8-20(9-11-22)30-19(2)34/h4-17,26-27H,1-3H3,(H,30,34)(H,31,36)/t26-,27-/m0/s1.